The van der Waals surface area contributed by atoms with E-state index in [1.165, 1.54) is 19.3 Å². The van der Waals surface area contributed by atoms with Crippen LogP contribution in [0.4, 0.5) is 0 Å². The van der Waals surface area contributed by atoms with Crippen LogP contribution >= 0.6 is 0 Å². The Morgan fingerprint density at radius 1 is 1.21 bits per heavy atom. The van der Waals surface area contributed by atoms with Gasteiger partial charge in [-0.05, 0) is 30.1 Å². The molecule has 1 aliphatic rings. The number of nitrogens with one attached hydrogen (secondary N) is 1. The van der Waals surface area contributed by atoms with Gasteiger partial charge in [-0.25, -0.2) is 0 Å². The molecule has 1 saturated carbocycles. The van der Waals surface area contributed by atoms with E-state index in [0.717, 1.165) is 18.8 Å². The predicted molar refractivity (Wildman–Crippen MR) is 75.9 cm³/mol. The van der Waals surface area contributed by atoms with Crippen LogP contribution in [0.1, 0.15) is 58.7 Å². The highest BCUT2D eigenvalue weighted by Crippen LogP contribution is 2.45. The summed E-state index contributed by atoms with van der Waals surface area (Å²) in [5.74, 6) is 1.45. The molecule has 1 fully saturated rings. The average Bonchev–Trinajstić information content (AvgIpc) is 2.59. The zero-order chi connectivity index (χ0) is 14.1. The second-order valence-corrected chi connectivity index (χ2v) is 7.54. The van der Waals surface area contributed by atoms with Crippen molar-refractivity contribution in [3.05, 3.63) is 11.7 Å². The standard InChI is InChI=1S/C15H27N3O/c1-11-17-13(18-19-11)6-7-16-12-8-14(2,3)10-15(4,5)9-12/h12,16H,6-10H2,1-5H3. The highest BCUT2D eigenvalue weighted by Gasteiger charge is 2.37. The second kappa shape index (κ2) is 5.23. The number of rotatable bonds is 4. The normalized spacial score (nSPS) is 22.6. The SMILES string of the molecule is Cc1nc(CCNC2CC(C)(C)CC(C)(C)C2)no1. The molecule has 0 bridgehead atoms. The first-order valence-electron chi connectivity index (χ1n) is 7.28. The van der Waals surface area contributed by atoms with E-state index >= 15 is 0 Å². The fourth-order valence-corrected chi connectivity index (χ4v) is 3.82. The summed E-state index contributed by atoms with van der Waals surface area (Å²) in [6.07, 6.45) is 4.65. The van der Waals surface area contributed by atoms with Crippen molar-refractivity contribution in [3.63, 3.8) is 0 Å². The van der Waals surface area contributed by atoms with Gasteiger partial charge in [0.05, 0.1) is 0 Å². The van der Waals surface area contributed by atoms with Gasteiger partial charge in [-0.2, -0.15) is 4.98 Å². The minimum atomic E-state index is 0.433. The second-order valence-electron chi connectivity index (χ2n) is 7.54. The van der Waals surface area contributed by atoms with Crippen LogP contribution in [0.5, 0.6) is 0 Å². The number of nitrogens with zero attached hydrogens (tertiary/aromatic N) is 2. The third-order valence-corrected chi connectivity index (χ3v) is 3.91. The Bertz CT molecular complexity index is 407. The summed E-state index contributed by atoms with van der Waals surface area (Å²) in [6, 6.07) is 0.603. The summed E-state index contributed by atoms with van der Waals surface area (Å²) < 4.78 is 4.98. The van der Waals surface area contributed by atoms with Crippen LogP contribution in [0.15, 0.2) is 4.52 Å². The quantitative estimate of drug-likeness (QED) is 0.908. The fraction of sp³-hybridized carbons (Fsp3) is 0.867. The Labute approximate surface area is 116 Å². The molecule has 0 saturated heterocycles. The van der Waals surface area contributed by atoms with Crippen LogP contribution in [0.25, 0.3) is 0 Å². The van der Waals surface area contributed by atoms with Crippen molar-refractivity contribution in [1.82, 2.24) is 15.5 Å². The van der Waals surface area contributed by atoms with Crippen LogP contribution in [0.2, 0.25) is 0 Å². The summed E-state index contributed by atoms with van der Waals surface area (Å²) in [4.78, 5) is 4.23. The molecular formula is C15H27N3O. The van der Waals surface area contributed by atoms with E-state index in [0.29, 0.717) is 22.8 Å². The molecule has 0 spiro atoms. The first-order chi connectivity index (χ1) is 8.76. The molecule has 4 nitrogen and oxygen atoms in total. The fourth-order valence-electron chi connectivity index (χ4n) is 3.82. The zero-order valence-electron chi connectivity index (χ0n) is 12.9. The molecule has 19 heavy (non-hydrogen) atoms. The zero-order valence-corrected chi connectivity index (χ0v) is 12.9. The maximum absolute atomic E-state index is 4.98. The third-order valence-electron chi connectivity index (χ3n) is 3.91. The molecular weight excluding hydrogens is 238 g/mol. The van der Waals surface area contributed by atoms with Crippen molar-refractivity contribution in [2.45, 2.75) is 66.3 Å². The van der Waals surface area contributed by atoms with Gasteiger partial charge in [0.15, 0.2) is 5.82 Å². The number of aromatic nitrogens is 2. The van der Waals surface area contributed by atoms with Crippen molar-refractivity contribution in [3.8, 4) is 0 Å². The molecule has 0 atom stereocenters. The van der Waals surface area contributed by atoms with Gasteiger partial charge in [0.2, 0.25) is 5.89 Å². The smallest absolute Gasteiger partial charge is 0.223 e. The molecule has 1 aliphatic carbocycles. The van der Waals surface area contributed by atoms with Gasteiger partial charge in [0, 0.05) is 25.9 Å². The largest absolute Gasteiger partial charge is 0.340 e. The van der Waals surface area contributed by atoms with Crippen LogP contribution < -0.4 is 5.32 Å². The van der Waals surface area contributed by atoms with Gasteiger partial charge in [-0.1, -0.05) is 32.9 Å². The molecule has 1 aromatic rings. The summed E-state index contributed by atoms with van der Waals surface area (Å²) in [5, 5.41) is 7.60. The lowest BCUT2D eigenvalue weighted by Gasteiger charge is -2.45. The van der Waals surface area contributed by atoms with Crippen LogP contribution in [-0.4, -0.2) is 22.7 Å². The molecule has 0 unspecified atom stereocenters. The molecule has 4 heteroatoms. The Kier molecular flexibility index (Phi) is 4.00. The molecule has 1 heterocycles. The summed E-state index contributed by atoms with van der Waals surface area (Å²) in [7, 11) is 0. The maximum atomic E-state index is 4.98. The molecule has 108 valence electrons. The van der Waals surface area contributed by atoms with Gasteiger partial charge in [0.1, 0.15) is 0 Å². The van der Waals surface area contributed by atoms with Crippen LogP contribution in [0, 0.1) is 17.8 Å². The Hall–Kier alpha value is -0.900. The van der Waals surface area contributed by atoms with E-state index in [-0.39, 0.29) is 0 Å². The summed E-state index contributed by atoms with van der Waals surface area (Å²) in [5.41, 5.74) is 0.865. The first kappa shape index (κ1) is 14.5. The number of hydrogen-bond acceptors (Lipinski definition) is 4. The first-order valence-corrected chi connectivity index (χ1v) is 7.28. The van der Waals surface area contributed by atoms with Crippen molar-refractivity contribution < 1.29 is 4.52 Å². The summed E-state index contributed by atoms with van der Waals surface area (Å²) in [6.45, 7) is 12.3. The van der Waals surface area contributed by atoms with Gasteiger partial charge < -0.3 is 9.84 Å². The molecule has 0 aromatic carbocycles. The maximum Gasteiger partial charge on any atom is 0.223 e. The van der Waals surface area contributed by atoms with Crippen molar-refractivity contribution >= 4 is 0 Å². The van der Waals surface area contributed by atoms with E-state index in [2.05, 4.69) is 43.2 Å². The minimum Gasteiger partial charge on any atom is -0.340 e. The van der Waals surface area contributed by atoms with Crippen molar-refractivity contribution in [1.29, 1.82) is 0 Å². The number of aryl methyl sites for hydroxylation is 1. The lowest BCUT2D eigenvalue weighted by atomic mass is 9.63. The minimum absolute atomic E-state index is 0.433. The van der Waals surface area contributed by atoms with E-state index in [9.17, 15) is 0 Å². The van der Waals surface area contributed by atoms with E-state index in [1.54, 1.807) is 0 Å². The van der Waals surface area contributed by atoms with Crippen LogP contribution in [0.3, 0.4) is 0 Å². The third kappa shape index (κ3) is 4.30. The Balaban J connectivity index is 1.82. The molecule has 0 amide bonds. The topological polar surface area (TPSA) is 51.0 Å². The van der Waals surface area contributed by atoms with E-state index in [1.807, 2.05) is 6.92 Å². The monoisotopic (exact) mass is 265 g/mol. The van der Waals surface area contributed by atoms with Crippen LogP contribution in [-0.2, 0) is 6.42 Å². The molecule has 1 aromatic heterocycles. The van der Waals surface area contributed by atoms with Gasteiger partial charge in [-0.15, -0.1) is 0 Å². The Morgan fingerprint density at radius 2 is 1.84 bits per heavy atom. The molecule has 1 N–H and O–H groups in total. The van der Waals surface area contributed by atoms with E-state index in [4.69, 9.17) is 4.52 Å². The molecule has 0 aliphatic heterocycles. The van der Waals surface area contributed by atoms with E-state index < -0.39 is 0 Å². The number of hydrogen-bond donors (Lipinski definition) is 1. The highest BCUT2D eigenvalue weighted by molar-refractivity contribution is 4.93. The summed E-state index contributed by atoms with van der Waals surface area (Å²) >= 11 is 0. The van der Waals surface area contributed by atoms with Gasteiger partial charge >= 0.3 is 0 Å². The molecule has 0 radical (unpaired) electrons. The van der Waals surface area contributed by atoms with Gasteiger partial charge in [-0.3, -0.25) is 0 Å². The predicted octanol–water partition coefficient (Wildman–Crippen LogP) is 3.12. The Morgan fingerprint density at radius 3 is 2.37 bits per heavy atom. The van der Waals surface area contributed by atoms with Crippen molar-refractivity contribution in [2.24, 2.45) is 10.8 Å². The van der Waals surface area contributed by atoms with Gasteiger partial charge in [0.25, 0.3) is 0 Å². The lowest BCUT2D eigenvalue weighted by Crippen LogP contribution is -2.44. The lowest BCUT2D eigenvalue weighted by molar-refractivity contribution is 0.0853. The highest BCUT2D eigenvalue weighted by atomic mass is 16.5. The van der Waals surface area contributed by atoms with Crippen molar-refractivity contribution in [2.75, 3.05) is 6.54 Å². The molecule has 2 rings (SSSR count). The average molecular weight is 265 g/mol.